The maximum absolute atomic E-state index is 14.4. The van der Waals surface area contributed by atoms with Gasteiger partial charge < -0.3 is 24.7 Å². The number of benzene rings is 2. The minimum absolute atomic E-state index is 0.0266. The second kappa shape index (κ2) is 9.01. The van der Waals surface area contributed by atoms with Gasteiger partial charge in [0, 0.05) is 25.4 Å². The van der Waals surface area contributed by atoms with Crippen LogP contribution in [-0.2, 0) is 19.1 Å². The van der Waals surface area contributed by atoms with Crippen LogP contribution in [0.4, 0.5) is 5.69 Å². The van der Waals surface area contributed by atoms with E-state index in [9.17, 15) is 24.6 Å². The summed E-state index contributed by atoms with van der Waals surface area (Å²) in [4.78, 5) is 43.6. The molecule has 3 heterocycles. The van der Waals surface area contributed by atoms with Crippen molar-refractivity contribution in [2.24, 2.45) is 11.8 Å². The standard InChI is InChI=1S/C28H32N2O6/c1-3-14-29(20-11-10-18-8-4-5-9-19(18)17-20)25(33)23-28-13-12-27(2,36-28)22(26(34)35)21(28)24(32)30(23)15-6-7-16-31/h3-5,8-11,17,21-23,31H,1,6-7,12-16H2,2H3,(H,34,35)/t21-,22-,23?,27+,28?/m0/s1. The number of ether oxygens (including phenoxy) is 1. The molecule has 3 aliphatic heterocycles. The Labute approximate surface area is 210 Å². The van der Waals surface area contributed by atoms with Gasteiger partial charge in [-0.1, -0.05) is 36.4 Å². The molecule has 2 bridgehead atoms. The lowest BCUT2D eigenvalue weighted by Gasteiger charge is -2.37. The SMILES string of the molecule is C=CCN(C(=O)C1N(CCCCO)C(=O)[C@@H]2[C@@H](C(=O)O)[C@@]3(C)CCC12O3)c1ccc2ccccc2c1. The molecule has 190 valence electrons. The van der Waals surface area contributed by atoms with Gasteiger partial charge in [-0.15, -0.1) is 6.58 Å². The highest BCUT2D eigenvalue weighted by Gasteiger charge is 2.78. The molecule has 5 atom stereocenters. The van der Waals surface area contributed by atoms with E-state index in [0.717, 1.165) is 10.8 Å². The quantitative estimate of drug-likeness (QED) is 0.412. The Morgan fingerprint density at radius 3 is 2.64 bits per heavy atom. The summed E-state index contributed by atoms with van der Waals surface area (Å²) in [5, 5.41) is 21.4. The van der Waals surface area contributed by atoms with Crippen molar-refractivity contribution < 1.29 is 29.3 Å². The minimum atomic E-state index is -1.19. The monoisotopic (exact) mass is 492 g/mol. The van der Waals surface area contributed by atoms with Crippen LogP contribution in [-0.4, -0.2) is 69.8 Å². The molecule has 2 amide bonds. The zero-order valence-corrected chi connectivity index (χ0v) is 20.4. The van der Waals surface area contributed by atoms with E-state index in [1.54, 1.807) is 17.9 Å². The third-order valence-electron chi connectivity index (χ3n) is 8.21. The number of fused-ring (bicyclic) bond motifs is 2. The van der Waals surface area contributed by atoms with E-state index in [2.05, 4.69) is 6.58 Å². The van der Waals surface area contributed by atoms with Crippen molar-refractivity contribution in [1.82, 2.24) is 4.90 Å². The van der Waals surface area contributed by atoms with E-state index in [4.69, 9.17) is 4.74 Å². The van der Waals surface area contributed by atoms with Crippen molar-refractivity contribution in [3.05, 3.63) is 55.1 Å². The van der Waals surface area contributed by atoms with Gasteiger partial charge in [-0.3, -0.25) is 14.4 Å². The van der Waals surface area contributed by atoms with Gasteiger partial charge in [-0.05, 0) is 55.5 Å². The molecule has 2 aromatic rings. The van der Waals surface area contributed by atoms with Gasteiger partial charge in [0.05, 0.1) is 17.4 Å². The Bertz CT molecular complexity index is 1230. The fourth-order valence-electron chi connectivity index (χ4n) is 6.66. The molecule has 2 aromatic carbocycles. The van der Waals surface area contributed by atoms with Gasteiger partial charge in [-0.2, -0.15) is 0 Å². The van der Waals surface area contributed by atoms with Crippen molar-refractivity contribution in [1.29, 1.82) is 0 Å². The molecular formula is C28H32N2O6. The topological polar surface area (TPSA) is 107 Å². The highest BCUT2D eigenvalue weighted by Crippen LogP contribution is 2.63. The fourth-order valence-corrected chi connectivity index (χ4v) is 6.66. The van der Waals surface area contributed by atoms with Gasteiger partial charge in [0.1, 0.15) is 11.6 Å². The number of aliphatic hydroxyl groups is 1. The molecule has 8 nitrogen and oxygen atoms in total. The number of carboxylic acid groups (broad SMARTS) is 1. The smallest absolute Gasteiger partial charge is 0.310 e. The Kier molecular flexibility index (Phi) is 6.12. The number of hydrogen-bond acceptors (Lipinski definition) is 5. The zero-order valence-electron chi connectivity index (χ0n) is 20.4. The predicted molar refractivity (Wildman–Crippen MR) is 134 cm³/mol. The van der Waals surface area contributed by atoms with E-state index in [1.807, 2.05) is 42.5 Å². The van der Waals surface area contributed by atoms with Gasteiger partial charge in [0.25, 0.3) is 5.91 Å². The average molecular weight is 493 g/mol. The zero-order chi connectivity index (χ0) is 25.7. The summed E-state index contributed by atoms with van der Waals surface area (Å²) in [6.45, 7) is 6.04. The highest BCUT2D eigenvalue weighted by atomic mass is 16.5. The first-order valence-electron chi connectivity index (χ1n) is 12.5. The lowest BCUT2D eigenvalue weighted by molar-refractivity contribution is -0.154. The lowest BCUT2D eigenvalue weighted by atomic mass is 9.66. The predicted octanol–water partition coefficient (Wildman–Crippen LogP) is 2.98. The second-order valence-electron chi connectivity index (χ2n) is 10.3. The van der Waals surface area contributed by atoms with Crippen molar-refractivity contribution >= 4 is 34.2 Å². The molecule has 5 rings (SSSR count). The van der Waals surface area contributed by atoms with Gasteiger partial charge in [0.15, 0.2) is 0 Å². The Morgan fingerprint density at radius 1 is 1.19 bits per heavy atom. The number of carbonyl (C=O) groups excluding carboxylic acids is 2. The number of amides is 2. The number of carboxylic acids is 1. The largest absolute Gasteiger partial charge is 0.481 e. The summed E-state index contributed by atoms with van der Waals surface area (Å²) in [5.41, 5.74) is -1.51. The summed E-state index contributed by atoms with van der Waals surface area (Å²) in [5.74, 6) is -3.65. The van der Waals surface area contributed by atoms with Gasteiger partial charge >= 0.3 is 5.97 Å². The molecular weight excluding hydrogens is 460 g/mol. The lowest BCUT2D eigenvalue weighted by Crippen LogP contribution is -2.56. The summed E-state index contributed by atoms with van der Waals surface area (Å²) in [7, 11) is 0. The summed E-state index contributed by atoms with van der Waals surface area (Å²) >= 11 is 0. The maximum atomic E-state index is 14.4. The van der Waals surface area contributed by atoms with Crippen LogP contribution in [0.25, 0.3) is 10.8 Å². The number of anilines is 1. The molecule has 3 saturated heterocycles. The van der Waals surface area contributed by atoms with E-state index < -0.39 is 35.0 Å². The second-order valence-corrected chi connectivity index (χ2v) is 10.3. The Hall–Kier alpha value is -3.23. The third-order valence-corrected chi connectivity index (χ3v) is 8.21. The molecule has 0 saturated carbocycles. The first-order valence-corrected chi connectivity index (χ1v) is 12.5. The molecule has 2 unspecified atom stereocenters. The molecule has 0 aromatic heterocycles. The van der Waals surface area contributed by atoms with Crippen molar-refractivity contribution in [3.63, 3.8) is 0 Å². The fraction of sp³-hybridized carbons (Fsp3) is 0.464. The Balaban J connectivity index is 1.58. The molecule has 36 heavy (non-hydrogen) atoms. The number of aliphatic carboxylic acids is 1. The van der Waals surface area contributed by atoms with E-state index >= 15 is 0 Å². The maximum Gasteiger partial charge on any atom is 0.310 e. The summed E-state index contributed by atoms with van der Waals surface area (Å²) in [6.07, 6.45) is 3.53. The summed E-state index contributed by atoms with van der Waals surface area (Å²) in [6, 6.07) is 12.7. The number of nitrogens with zero attached hydrogens (tertiary/aromatic N) is 2. The van der Waals surface area contributed by atoms with Crippen molar-refractivity contribution in [3.8, 4) is 0 Å². The van der Waals surface area contributed by atoms with Crippen molar-refractivity contribution in [2.75, 3.05) is 24.6 Å². The van der Waals surface area contributed by atoms with Crippen molar-refractivity contribution in [2.45, 2.75) is 49.9 Å². The Morgan fingerprint density at radius 2 is 1.94 bits per heavy atom. The first-order chi connectivity index (χ1) is 17.3. The molecule has 2 N–H and O–H groups in total. The van der Waals surface area contributed by atoms with Crippen LogP contribution >= 0.6 is 0 Å². The van der Waals surface area contributed by atoms with Crippen LogP contribution in [0.3, 0.4) is 0 Å². The van der Waals surface area contributed by atoms with E-state index in [1.165, 1.54) is 4.90 Å². The average Bonchev–Trinajstić information content (AvgIpc) is 3.43. The van der Waals surface area contributed by atoms with Crippen LogP contribution < -0.4 is 4.90 Å². The molecule has 0 aliphatic carbocycles. The summed E-state index contributed by atoms with van der Waals surface area (Å²) < 4.78 is 6.45. The molecule has 3 aliphatic rings. The number of hydrogen-bond donors (Lipinski definition) is 2. The van der Waals surface area contributed by atoms with Crippen LogP contribution in [0, 0.1) is 11.8 Å². The number of aliphatic hydroxyl groups excluding tert-OH is 1. The molecule has 1 spiro atoms. The van der Waals surface area contributed by atoms with Gasteiger partial charge in [0.2, 0.25) is 5.91 Å². The molecule has 3 fully saturated rings. The van der Waals surface area contributed by atoms with E-state index in [0.29, 0.717) is 31.4 Å². The number of likely N-dealkylation sites (tertiary alicyclic amines) is 1. The minimum Gasteiger partial charge on any atom is -0.481 e. The van der Waals surface area contributed by atoms with Crippen LogP contribution in [0.5, 0.6) is 0 Å². The molecule has 8 heteroatoms. The molecule has 0 radical (unpaired) electrons. The van der Waals surface area contributed by atoms with Crippen LogP contribution in [0.15, 0.2) is 55.1 Å². The third kappa shape index (κ3) is 3.54. The number of rotatable bonds is 9. The van der Waals surface area contributed by atoms with Crippen LogP contribution in [0.2, 0.25) is 0 Å². The van der Waals surface area contributed by atoms with E-state index in [-0.39, 0.29) is 31.5 Å². The first kappa shape index (κ1) is 24.5. The number of unbranched alkanes of at least 4 members (excludes halogenated alkanes) is 1. The highest BCUT2D eigenvalue weighted by molar-refractivity contribution is 6.05. The van der Waals surface area contributed by atoms with Crippen LogP contribution in [0.1, 0.15) is 32.6 Å². The van der Waals surface area contributed by atoms with Gasteiger partial charge in [-0.25, -0.2) is 0 Å². The number of carbonyl (C=O) groups is 3. The normalized spacial score (nSPS) is 30.6.